The predicted octanol–water partition coefficient (Wildman–Crippen LogP) is 2.01. The molecule has 6 nitrogen and oxygen atoms in total. The number of rotatable bonds is 4. The topological polar surface area (TPSA) is 70.7 Å². The molecule has 1 aliphatic heterocycles. The number of ether oxygens (including phenoxy) is 1. The third kappa shape index (κ3) is 4.14. The van der Waals surface area contributed by atoms with Crippen LogP contribution in [0.15, 0.2) is 48.5 Å². The van der Waals surface area contributed by atoms with Gasteiger partial charge in [-0.05, 0) is 48.5 Å². The number of hydrogen-bond donors (Lipinski definition) is 2. The average Bonchev–Trinajstić information content (AvgIpc) is 3.11. The molecule has 0 radical (unpaired) electrons. The molecule has 1 aliphatic rings. The van der Waals surface area contributed by atoms with Crippen molar-refractivity contribution in [2.75, 3.05) is 31.6 Å². The Labute approximate surface area is 152 Å². The number of anilines is 1. The van der Waals surface area contributed by atoms with Crippen molar-refractivity contribution in [2.45, 2.75) is 0 Å². The van der Waals surface area contributed by atoms with Crippen molar-refractivity contribution in [2.24, 2.45) is 0 Å². The van der Waals surface area contributed by atoms with Gasteiger partial charge in [-0.15, -0.1) is 0 Å². The predicted molar refractivity (Wildman–Crippen MR) is 99.4 cm³/mol. The number of urea groups is 1. The first-order valence-electron chi connectivity index (χ1n) is 8.24. The fourth-order valence-electron chi connectivity index (χ4n) is 2.56. The third-order valence-electron chi connectivity index (χ3n) is 3.96. The monoisotopic (exact) mass is 349 g/mol. The van der Waals surface area contributed by atoms with E-state index in [2.05, 4.69) is 22.5 Å². The molecule has 2 aromatic carbocycles. The quantitative estimate of drug-likeness (QED) is 0.830. The van der Waals surface area contributed by atoms with Gasteiger partial charge in [-0.2, -0.15) is 0 Å². The van der Waals surface area contributed by atoms with Crippen molar-refractivity contribution in [3.05, 3.63) is 59.7 Å². The SMILES string of the molecule is COc1ccc(C(=O)NCC#Cc2ccc(N3CCNC3=O)cc2)cc1. The molecule has 0 spiro atoms. The lowest BCUT2D eigenvalue weighted by atomic mass is 10.2. The molecule has 132 valence electrons. The number of benzene rings is 2. The highest BCUT2D eigenvalue weighted by Crippen LogP contribution is 2.16. The maximum Gasteiger partial charge on any atom is 0.321 e. The summed E-state index contributed by atoms with van der Waals surface area (Å²) in [6, 6.07) is 14.3. The first-order valence-corrected chi connectivity index (χ1v) is 8.24. The number of methoxy groups -OCH3 is 1. The Morgan fingerprint density at radius 1 is 1.19 bits per heavy atom. The van der Waals surface area contributed by atoms with Crippen LogP contribution in [-0.4, -0.2) is 38.7 Å². The van der Waals surface area contributed by atoms with Crippen molar-refractivity contribution in [3.63, 3.8) is 0 Å². The van der Waals surface area contributed by atoms with Crippen LogP contribution in [0.4, 0.5) is 10.5 Å². The van der Waals surface area contributed by atoms with Gasteiger partial charge in [0.2, 0.25) is 0 Å². The zero-order valence-electron chi connectivity index (χ0n) is 14.4. The number of nitrogens with one attached hydrogen (secondary N) is 2. The van der Waals surface area contributed by atoms with Crippen molar-refractivity contribution in [3.8, 4) is 17.6 Å². The van der Waals surface area contributed by atoms with Crippen LogP contribution in [0.1, 0.15) is 15.9 Å². The average molecular weight is 349 g/mol. The highest BCUT2D eigenvalue weighted by atomic mass is 16.5. The van der Waals surface area contributed by atoms with Crippen LogP contribution >= 0.6 is 0 Å². The molecule has 0 atom stereocenters. The van der Waals surface area contributed by atoms with Gasteiger partial charge in [0.15, 0.2) is 0 Å². The van der Waals surface area contributed by atoms with E-state index in [-0.39, 0.29) is 18.5 Å². The Morgan fingerprint density at radius 2 is 1.92 bits per heavy atom. The number of amides is 3. The molecule has 0 saturated carbocycles. The third-order valence-corrected chi connectivity index (χ3v) is 3.96. The van der Waals surface area contributed by atoms with Crippen LogP contribution < -0.4 is 20.3 Å². The minimum absolute atomic E-state index is 0.0786. The molecule has 1 heterocycles. The van der Waals surface area contributed by atoms with Crippen LogP contribution in [0.3, 0.4) is 0 Å². The van der Waals surface area contributed by atoms with Crippen molar-refractivity contribution < 1.29 is 14.3 Å². The fourth-order valence-corrected chi connectivity index (χ4v) is 2.56. The number of hydrogen-bond acceptors (Lipinski definition) is 3. The standard InChI is InChI=1S/C20H19N3O3/c1-26-18-10-6-16(7-11-18)19(24)21-12-2-3-15-4-8-17(9-5-15)23-14-13-22-20(23)25/h4-11H,12-14H2,1H3,(H,21,24)(H,22,25). The molecule has 0 unspecified atom stereocenters. The first kappa shape index (κ1) is 17.4. The molecule has 2 aromatic rings. The van der Waals surface area contributed by atoms with Crippen molar-refractivity contribution in [1.29, 1.82) is 0 Å². The van der Waals surface area contributed by atoms with Gasteiger partial charge in [0.1, 0.15) is 5.75 Å². The van der Waals surface area contributed by atoms with E-state index in [0.717, 1.165) is 11.3 Å². The Morgan fingerprint density at radius 3 is 2.54 bits per heavy atom. The summed E-state index contributed by atoms with van der Waals surface area (Å²) in [5.41, 5.74) is 2.23. The Kier molecular flexibility index (Phi) is 5.40. The van der Waals surface area contributed by atoms with E-state index < -0.39 is 0 Å². The van der Waals surface area contributed by atoms with Crippen molar-refractivity contribution in [1.82, 2.24) is 10.6 Å². The van der Waals surface area contributed by atoms with Gasteiger partial charge < -0.3 is 15.4 Å². The zero-order valence-corrected chi connectivity index (χ0v) is 14.4. The summed E-state index contributed by atoms with van der Waals surface area (Å²) in [5.74, 6) is 6.44. The van der Waals surface area contributed by atoms with Gasteiger partial charge in [-0.1, -0.05) is 11.8 Å². The lowest BCUT2D eigenvalue weighted by Gasteiger charge is -2.13. The van der Waals surface area contributed by atoms with Crippen LogP contribution in [-0.2, 0) is 0 Å². The molecule has 2 N–H and O–H groups in total. The second kappa shape index (κ2) is 8.08. The molecule has 26 heavy (non-hydrogen) atoms. The molecule has 0 aromatic heterocycles. The van der Waals surface area contributed by atoms with Gasteiger partial charge in [0.25, 0.3) is 5.91 Å². The van der Waals surface area contributed by atoms with Gasteiger partial charge in [0.05, 0.1) is 13.7 Å². The molecule has 0 bridgehead atoms. The highest BCUT2D eigenvalue weighted by molar-refractivity contribution is 5.94. The Hall–Kier alpha value is -3.46. The summed E-state index contributed by atoms with van der Waals surface area (Å²) in [6.45, 7) is 1.58. The largest absolute Gasteiger partial charge is 0.497 e. The van der Waals surface area contributed by atoms with Gasteiger partial charge in [-0.25, -0.2) is 4.79 Å². The number of carbonyl (C=O) groups is 2. The lowest BCUT2D eigenvalue weighted by molar-refractivity contribution is 0.0958. The van der Waals surface area contributed by atoms with Crippen LogP contribution in [0, 0.1) is 11.8 Å². The van der Waals surface area contributed by atoms with E-state index in [1.165, 1.54) is 0 Å². The minimum atomic E-state index is -0.183. The summed E-state index contributed by atoms with van der Waals surface area (Å²) in [4.78, 5) is 25.3. The fraction of sp³-hybridized carbons (Fsp3) is 0.200. The Bertz CT molecular complexity index is 849. The van der Waals surface area contributed by atoms with E-state index in [0.29, 0.717) is 24.4 Å². The normalized spacial score (nSPS) is 12.8. The Balaban J connectivity index is 1.53. The number of carbonyl (C=O) groups excluding carboxylic acids is 2. The van der Waals surface area contributed by atoms with E-state index in [1.54, 1.807) is 36.3 Å². The lowest BCUT2D eigenvalue weighted by Crippen LogP contribution is -2.27. The molecule has 0 aliphatic carbocycles. The molecular weight excluding hydrogens is 330 g/mol. The first-order chi connectivity index (χ1) is 12.7. The van der Waals surface area contributed by atoms with E-state index >= 15 is 0 Å². The van der Waals surface area contributed by atoms with Gasteiger partial charge >= 0.3 is 6.03 Å². The summed E-state index contributed by atoms with van der Waals surface area (Å²) in [5, 5.41) is 5.52. The maximum absolute atomic E-state index is 12.0. The maximum atomic E-state index is 12.0. The summed E-state index contributed by atoms with van der Waals surface area (Å²) < 4.78 is 5.06. The molecular formula is C20H19N3O3. The van der Waals surface area contributed by atoms with E-state index in [1.807, 2.05) is 24.3 Å². The summed E-state index contributed by atoms with van der Waals surface area (Å²) >= 11 is 0. The smallest absolute Gasteiger partial charge is 0.321 e. The molecule has 1 saturated heterocycles. The van der Waals surface area contributed by atoms with Gasteiger partial charge in [0, 0.05) is 29.9 Å². The van der Waals surface area contributed by atoms with E-state index in [4.69, 9.17) is 4.74 Å². The highest BCUT2D eigenvalue weighted by Gasteiger charge is 2.20. The molecule has 3 rings (SSSR count). The second-order valence-electron chi connectivity index (χ2n) is 5.64. The van der Waals surface area contributed by atoms with Crippen molar-refractivity contribution >= 4 is 17.6 Å². The minimum Gasteiger partial charge on any atom is -0.497 e. The second-order valence-corrected chi connectivity index (χ2v) is 5.64. The van der Waals surface area contributed by atoms with Crippen LogP contribution in [0.5, 0.6) is 5.75 Å². The molecule has 1 fully saturated rings. The van der Waals surface area contributed by atoms with E-state index in [9.17, 15) is 9.59 Å². The molecule has 6 heteroatoms. The summed E-state index contributed by atoms with van der Waals surface area (Å²) in [6.07, 6.45) is 0. The summed E-state index contributed by atoms with van der Waals surface area (Å²) in [7, 11) is 1.58. The zero-order chi connectivity index (χ0) is 18.4. The number of nitrogens with zero attached hydrogens (tertiary/aromatic N) is 1. The van der Waals surface area contributed by atoms with Gasteiger partial charge in [-0.3, -0.25) is 9.69 Å². The molecule has 3 amide bonds. The van der Waals surface area contributed by atoms with Crippen LogP contribution in [0.25, 0.3) is 0 Å². The van der Waals surface area contributed by atoms with Crippen LogP contribution in [0.2, 0.25) is 0 Å².